The largest absolute Gasteiger partial charge is 0.481 e. The first kappa shape index (κ1) is 14.3. The smallest absolute Gasteiger partial charge is 0.308 e. The normalized spacial score (nSPS) is 25.1. The molecule has 3 rings (SSSR count). The van der Waals surface area contributed by atoms with E-state index in [1.807, 2.05) is 6.92 Å². The number of nitrogens with zero attached hydrogens (tertiary/aromatic N) is 2. The van der Waals surface area contributed by atoms with E-state index in [0.29, 0.717) is 34.7 Å². The van der Waals surface area contributed by atoms with Gasteiger partial charge in [-0.05, 0) is 31.6 Å². The molecule has 1 aromatic rings. The van der Waals surface area contributed by atoms with Gasteiger partial charge in [-0.2, -0.15) is 0 Å². The number of likely N-dealkylation sites (tertiary alicyclic amines) is 1. The Labute approximate surface area is 127 Å². The number of aromatic nitrogens is 1. The van der Waals surface area contributed by atoms with Gasteiger partial charge in [0.05, 0.1) is 11.6 Å². The first-order valence-electron chi connectivity index (χ1n) is 7.18. The van der Waals surface area contributed by atoms with Crippen LogP contribution in [0.3, 0.4) is 0 Å². The Balaban J connectivity index is 1.78. The molecule has 7 heteroatoms. The molecule has 1 saturated carbocycles. The molecule has 0 bridgehead atoms. The van der Waals surface area contributed by atoms with Crippen LogP contribution in [0.2, 0.25) is 0 Å². The van der Waals surface area contributed by atoms with Gasteiger partial charge in [0, 0.05) is 20.1 Å². The molecule has 0 radical (unpaired) electrons. The van der Waals surface area contributed by atoms with E-state index in [1.54, 1.807) is 11.9 Å². The number of hydrogen-bond acceptors (Lipinski definition) is 5. The lowest BCUT2D eigenvalue weighted by Crippen LogP contribution is -2.29. The van der Waals surface area contributed by atoms with Crippen molar-refractivity contribution >= 4 is 28.3 Å². The molecule has 0 spiro atoms. The molecule has 2 aliphatic rings. The van der Waals surface area contributed by atoms with Crippen molar-refractivity contribution in [2.24, 2.45) is 17.8 Å². The molecule has 114 valence electrons. The summed E-state index contributed by atoms with van der Waals surface area (Å²) in [4.78, 5) is 30.6. The number of nitrogens with one attached hydrogen (secondary N) is 1. The van der Waals surface area contributed by atoms with Gasteiger partial charge in [0.25, 0.3) is 5.91 Å². The van der Waals surface area contributed by atoms with Crippen molar-refractivity contribution in [1.82, 2.24) is 9.88 Å². The Morgan fingerprint density at radius 2 is 2.10 bits per heavy atom. The maximum Gasteiger partial charge on any atom is 0.308 e. The molecule has 0 unspecified atom stereocenters. The fraction of sp³-hybridized carbons (Fsp3) is 0.643. The molecule has 1 aliphatic carbocycles. The maximum absolute atomic E-state index is 12.6. The highest BCUT2D eigenvalue weighted by Gasteiger charge is 2.47. The van der Waals surface area contributed by atoms with E-state index in [0.717, 1.165) is 12.8 Å². The molecular formula is C14H19N3O3S. The predicted molar refractivity (Wildman–Crippen MR) is 79.6 cm³/mol. The number of aliphatic carboxylic acids is 1. The molecule has 21 heavy (non-hydrogen) atoms. The average Bonchev–Trinajstić information content (AvgIpc) is 3.08. The van der Waals surface area contributed by atoms with Crippen LogP contribution in [0.1, 0.15) is 28.2 Å². The molecule has 6 nitrogen and oxygen atoms in total. The fourth-order valence-electron chi connectivity index (χ4n) is 3.10. The van der Waals surface area contributed by atoms with Gasteiger partial charge in [0.15, 0.2) is 5.13 Å². The number of rotatable bonds is 4. The summed E-state index contributed by atoms with van der Waals surface area (Å²) in [7, 11) is 1.77. The maximum atomic E-state index is 12.6. The van der Waals surface area contributed by atoms with Gasteiger partial charge in [-0.25, -0.2) is 4.98 Å². The lowest BCUT2D eigenvalue weighted by Gasteiger charge is -2.15. The molecule has 1 aromatic heterocycles. The van der Waals surface area contributed by atoms with Gasteiger partial charge in [-0.3, -0.25) is 9.59 Å². The van der Waals surface area contributed by atoms with Crippen LogP contribution in [0.25, 0.3) is 0 Å². The summed E-state index contributed by atoms with van der Waals surface area (Å²) >= 11 is 1.33. The fourth-order valence-corrected chi connectivity index (χ4v) is 3.99. The third-order valence-corrected chi connectivity index (χ3v) is 5.56. The number of carbonyl (C=O) groups is 2. The molecule has 1 aliphatic heterocycles. The van der Waals surface area contributed by atoms with Gasteiger partial charge in [0.1, 0.15) is 4.88 Å². The van der Waals surface area contributed by atoms with Crippen molar-refractivity contribution in [3.63, 3.8) is 0 Å². The van der Waals surface area contributed by atoms with Crippen LogP contribution < -0.4 is 5.32 Å². The Hall–Kier alpha value is -1.63. The molecule has 1 amide bonds. The number of amides is 1. The monoisotopic (exact) mass is 309 g/mol. The summed E-state index contributed by atoms with van der Waals surface area (Å²) in [6, 6.07) is 0. The molecule has 0 aromatic carbocycles. The molecule has 2 N–H and O–H groups in total. The minimum atomic E-state index is -0.779. The van der Waals surface area contributed by atoms with Gasteiger partial charge < -0.3 is 15.3 Å². The second kappa shape index (κ2) is 5.29. The Bertz CT molecular complexity index is 582. The second-order valence-electron chi connectivity index (χ2n) is 5.84. The van der Waals surface area contributed by atoms with E-state index in [9.17, 15) is 14.7 Å². The van der Waals surface area contributed by atoms with Crippen LogP contribution >= 0.6 is 11.3 Å². The van der Waals surface area contributed by atoms with Crippen molar-refractivity contribution in [2.45, 2.75) is 19.8 Å². The topological polar surface area (TPSA) is 82.5 Å². The lowest BCUT2D eigenvalue weighted by molar-refractivity contribution is -0.142. The number of carbonyl (C=O) groups excluding carboxylic acids is 1. The second-order valence-corrected chi connectivity index (χ2v) is 6.84. The van der Waals surface area contributed by atoms with E-state index < -0.39 is 11.9 Å². The highest BCUT2D eigenvalue weighted by molar-refractivity contribution is 7.17. The van der Waals surface area contributed by atoms with Crippen molar-refractivity contribution in [3.05, 3.63) is 10.6 Å². The predicted octanol–water partition coefficient (Wildman–Crippen LogP) is 1.68. The highest BCUT2D eigenvalue weighted by atomic mass is 32.1. The van der Waals surface area contributed by atoms with Crippen LogP contribution in [0, 0.1) is 24.7 Å². The minimum Gasteiger partial charge on any atom is -0.481 e. The minimum absolute atomic E-state index is 0.0825. The van der Waals surface area contributed by atoms with Gasteiger partial charge in [-0.15, -0.1) is 0 Å². The van der Waals surface area contributed by atoms with Crippen molar-refractivity contribution in [2.75, 3.05) is 25.5 Å². The van der Waals surface area contributed by atoms with Gasteiger partial charge >= 0.3 is 5.97 Å². The summed E-state index contributed by atoms with van der Waals surface area (Å²) in [5.41, 5.74) is 0.705. The molecule has 2 heterocycles. The lowest BCUT2D eigenvalue weighted by atomic mass is 9.92. The third-order valence-electron chi connectivity index (χ3n) is 4.40. The van der Waals surface area contributed by atoms with E-state index in [1.165, 1.54) is 11.3 Å². The van der Waals surface area contributed by atoms with Crippen LogP contribution in [0.4, 0.5) is 5.13 Å². The number of hydrogen-bond donors (Lipinski definition) is 2. The zero-order valence-electron chi connectivity index (χ0n) is 12.1. The first-order valence-corrected chi connectivity index (χ1v) is 8.00. The number of carboxylic acid groups (broad SMARTS) is 1. The quantitative estimate of drug-likeness (QED) is 0.884. The van der Waals surface area contributed by atoms with Crippen LogP contribution in [0.15, 0.2) is 0 Å². The third kappa shape index (κ3) is 2.62. The van der Waals surface area contributed by atoms with Crippen LogP contribution in [0.5, 0.6) is 0 Å². The first-order chi connectivity index (χ1) is 10.0. The summed E-state index contributed by atoms with van der Waals surface area (Å²) < 4.78 is 0. The molecular weight excluding hydrogens is 290 g/mol. The van der Waals surface area contributed by atoms with Crippen molar-refractivity contribution in [1.29, 1.82) is 0 Å². The Kier molecular flexibility index (Phi) is 3.61. The summed E-state index contributed by atoms with van der Waals surface area (Å²) in [5.74, 6) is -0.679. The standard InChI is InChI=1S/C14H19N3O3S/c1-7-11(21-14(15-2)16-7)12(18)17-5-9(8-3-4-8)10(6-17)13(19)20/h8-10H,3-6H2,1-2H3,(H,15,16)(H,19,20)/t9-,10+/m0/s1. The van der Waals surface area contributed by atoms with Crippen molar-refractivity contribution < 1.29 is 14.7 Å². The summed E-state index contributed by atoms with van der Waals surface area (Å²) in [6.45, 7) is 2.70. The molecule has 2 fully saturated rings. The van der Waals surface area contributed by atoms with Gasteiger partial charge in [0.2, 0.25) is 0 Å². The zero-order chi connectivity index (χ0) is 15.1. The Morgan fingerprint density at radius 3 is 2.62 bits per heavy atom. The SMILES string of the molecule is CNc1nc(C)c(C(=O)N2C[C@@H](C(=O)O)[C@H](C3CC3)C2)s1. The summed E-state index contributed by atoms with van der Waals surface area (Å²) in [6.07, 6.45) is 2.19. The number of aryl methyl sites for hydroxylation is 1. The van der Waals surface area contributed by atoms with Crippen LogP contribution in [-0.4, -0.2) is 47.0 Å². The van der Waals surface area contributed by atoms with Crippen LogP contribution in [-0.2, 0) is 4.79 Å². The zero-order valence-corrected chi connectivity index (χ0v) is 12.9. The number of thiazole rings is 1. The molecule has 1 saturated heterocycles. The average molecular weight is 309 g/mol. The van der Waals surface area contributed by atoms with E-state index in [-0.39, 0.29) is 11.8 Å². The van der Waals surface area contributed by atoms with E-state index >= 15 is 0 Å². The summed E-state index contributed by atoms with van der Waals surface area (Å²) in [5, 5.41) is 13.0. The number of anilines is 1. The highest BCUT2D eigenvalue weighted by Crippen LogP contribution is 2.44. The van der Waals surface area contributed by atoms with Crippen molar-refractivity contribution in [3.8, 4) is 0 Å². The molecule has 2 atom stereocenters. The Morgan fingerprint density at radius 1 is 1.38 bits per heavy atom. The van der Waals surface area contributed by atoms with Gasteiger partial charge in [-0.1, -0.05) is 11.3 Å². The van der Waals surface area contributed by atoms with E-state index in [2.05, 4.69) is 10.3 Å². The van der Waals surface area contributed by atoms with E-state index in [4.69, 9.17) is 0 Å². The number of carboxylic acids is 1.